The summed E-state index contributed by atoms with van der Waals surface area (Å²) >= 11 is 0. The molecule has 2 N–H and O–H groups in total. The number of hydrogen-bond acceptors (Lipinski definition) is 4. The molecule has 0 saturated heterocycles. The van der Waals surface area contributed by atoms with E-state index in [0.717, 1.165) is 5.56 Å². The average Bonchev–Trinajstić information content (AvgIpc) is 2.36. The van der Waals surface area contributed by atoms with Gasteiger partial charge in [-0.15, -0.1) is 0 Å². The van der Waals surface area contributed by atoms with E-state index in [2.05, 4.69) is 0 Å². The fourth-order valence-corrected chi connectivity index (χ4v) is 2.68. The molecule has 1 atom stereocenters. The number of phenolic OH excluding ortho intramolecular Hbond substituents is 1. The van der Waals surface area contributed by atoms with E-state index < -0.39 is 23.2 Å². The Bertz CT molecular complexity index is 619. The van der Waals surface area contributed by atoms with Crippen molar-refractivity contribution in [1.29, 1.82) is 0 Å². The number of carboxylic acids is 1. The van der Waals surface area contributed by atoms with Crippen molar-refractivity contribution in [3.63, 3.8) is 0 Å². The fourth-order valence-electron chi connectivity index (χ4n) is 2.68. The van der Waals surface area contributed by atoms with Crippen LogP contribution in [0.4, 0.5) is 4.79 Å². The van der Waals surface area contributed by atoms with Crippen LogP contribution in [0.1, 0.15) is 38.8 Å². The number of carbonyl (C=O) groups is 2. The molecule has 120 valence electrons. The molecule has 1 aliphatic rings. The van der Waals surface area contributed by atoms with Gasteiger partial charge in [0.2, 0.25) is 0 Å². The van der Waals surface area contributed by atoms with Crippen molar-refractivity contribution in [2.45, 2.75) is 45.3 Å². The summed E-state index contributed by atoms with van der Waals surface area (Å²) in [6, 6.07) is 4.52. The van der Waals surface area contributed by atoms with E-state index >= 15 is 0 Å². The third-order valence-corrected chi connectivity index (χ3v) is 3.79. The van der Waals surface area contributed by atoms with Gasteiger partial charge in [-0.1, -0.05) is 6.07 Å². The van der Waals surface area contributed by atoms with Crippen LogP contribution >= 0.6 is 0 Å². The molecule has 1 aromatic rings. The molecule has 0 radical (unpaired) electrons. The van der Waals surface area contributed by atoms with Gasteiger partial charge in [0.1, 0.15) is 11.4 Å². The quantitative estimate of drug-likeness (QED) is 0.832. The number of aromatic hydroxyl groups is 1. The summed E-state index contributed by atoms with van der Waals surface area (Å²) in [5.41, 5.74) is -1.00. The molecule has 6 heteroatoms. The zero-order valence-electron chi connectivity index (χ0n) is 13.2. The highest BCUT2D eigenvalue weighted by Gasteiger charge is 2.48. The summed E-state index contributed by atoms with van der Waals surface area (Å²) in [6.07, 6.45) is -0.192. The number of aliphatic carboxylic acids is 1. The largest absolute Gasteiger partial charge is 0.508 e. The van der Waals surface area contributed by atoms with E-state index in [1.54, 1.807) is 32.9 Å². The molecule has 0 spiro atoms. The van der Waals surface area contributed by atoms with E-state index in [4.69, 9.17) is 4.74 Å². The highest BCUT2D eigenvalue weighted by molar-refractivity contribution is 5.86. The number of nitrogens with zero attached hydrogens (tertiary/aromatic N) is 1. The first kappa shape index (κ1) is 16.1. The summed E-state index contributed by atoms with van der Waals surface area (Å²) in [7, 11) is 0. The molecular weight excluding hydrogens is 286 g/mol. The number of amides is 1. The molecule has 2 rings (SSSR count). The smallest absolute Gasteiger partial charge is 0.411 e. The van der Waals surface area contributed by atoms with Gasteiger partial charge < -0.3 is 14.9 Å². The van der Waals surface area contributed by atoms with E-state index in [1.165, 1.54) is 17.9 Å². The summed E-state index contributed by atoms with van der Waals surface area (Å²) in [5, 5.41) is 19.3. The molecule has 1 unspecified atom stereocenters. The molecule has 1 amide bonds. The maximum Gasteiger partial charge on any atom is 0.411 e. The van der Waals surface area contributed by atoms with Crippen LogP contribution in [0, 0.1) is 0 Å². The van der Waals surface area contributed by atoms with Crippen LogP contribution in [-0.4, -0.2) is 39.3 Å². The molecule has 1 heterocycles. The van der Waals surface area contributed by atoms with E-state index in [0.29, 0.717) is 12.0 Å². The number of carbonyl (C=O) groups excluding carboxylic acids is 1. The van der Waals surface area contributed by atoms with Crippen molar-refractivity contribution >= 4 is 12.1 Å². The van der Waals surface area contributed by atoms with E-state index in [9.17, 15) is 19.8 Å². The van der Waals surface area contributed by atoms with Crippen LogP contribution < -0.4 is 0 Å². The lowest BCUT2D eigenvalue weighted by molar-refractivity contribution is -0.151. The van der Waals surface area contributed by atoms with Crippen LogP contribution in [0.3, 0.4) is 0 Å². The first-order valence-electron chi connectivity index (χ1n) is 7.12. The number of fused-ring (bicyclic) bond motifs is 1. The van der Waals surface area contributed by atoms with Gasteiger partial charge in [-0.3, -0.25) is 4.90 Å². The highest BCUT2D eigenvalue weighted by Crippen LogP contribution is 2.38. The number of hydrogen-bond donors (Lipinski definition) is 2. The first-order valence-corrected chi connectivity index (χ1v) is 7.12. The Labute approximate surface area is 129 Å². The fraction of sp³-hybridized carbons (Fsp3) is 0.500. The van der Waals surface area contributed by atoms with Crippen molar-refractivity contribution in [2.75, 3.05) is 6.54 Å². The molecule has 1 aliphatic heterocycles. The Kier molecular flexibility index (Phi) is 3.81. The molecule has 0 saturated carbocycles. The van der Waals surface area contributed by atoms with Crippen LogP contribution in [-0.2, 0) is 21.5 Å². The van der Waals surface area contributed by atoms with Crippen LogP contribution in [0.25, 0.3) is 0 Å². The molecule has 22 heavy (non-hydrogen) atoms. The minimum absolute atomic E-state index is 0.0807. The third-order valence-electron chi connectivity index (χ3n) is 3.79. The Morgan fingerprint density at radius 1 is 1.32 bits per heavy atom. The standard InChI is InChI=1S/C16H21NO5/c1-15(2,3)22-14(21)17-8-7-10-9-11(18)5-6-12(10)16(17,4)13(19)20/h5-6,9,18H,7-8H2,1-4H3,(H,19,20). The van der Waals surface area contributed by atoms with E-state index in [1.807, 2.05) is 0 Å². The van der Waals surface area contributed by atoms with Crippen LogP contribution in [0.2, 0.25) is 0 Å². The van der Waals surface area contributed by atoms with Crippen molar-refractivity contribution in [3.05, 3.63) is 29.3 Å². The number of phenols is 1. The van der Waals surface area contributed by atoms with Gasteiger partial charge in [0, 0.05) is 6.54 Å². The van der Waals surface area contributed by atoms with Crippen molar-refractivity contribution in [2.24, 2.45) is 0 Å². The van der Waals surface area contributed by atoms with Gasteiger partial charge >= 0.3 is 12.1 Å². The Morgan fingerprint density at radius 3 is 2.50 bits per heavy atom. The molecule has 0 aliphatic carbocycles. The minimum atomic E-state index is -1.52. The zero-order valence-corrected chi connectivity index (χ0v) is 13.2. The summed E-state index contributed by atoms with van der Waals surface area (Å²) in [4.78, 5) is 25.5. The predicted octanol–water partition coefficient (Wildman–Crippen LogP) is 2.49. The van der Waals surface area contributed by atoms with Gasteiger partial charge in [-0.2, -0.15) is 0 Å². The molecule has 6 nitrogen and oxygen atoms in total. The SMILES string of the molecule is CC(C)(C)OC(=O)N1CCc2cc(O)ccc2C1(C)C(=O)O. The third kappa shape index (κ3) is 2.73. The second kappa shape index (κ2) is 5.19. The topological polar surface area (TPSA) is 87.1 Å². The molecular formula is C16H21NO5. The van der Waals surface area contributed by atoms with Gasteiger partial charge in [0.25, 0.3) is 0 Å². The van der Waals surface area contributed by atoms with Gasteiger partial charge in [0.15, 0.2) is 5.54 Å². The normalized spacial score (nSPS) is 21.2. The molecule has 0 bridgehead atoms. The number of benzene rings is 1. The molecule has 1 aromatic carbocycles. The monoisotopic (exact) mass is 307 g/mol. The summed E-state index contributed by atoms with van der Waals surface area (Å²) in [6.45, 7) is 6.90. The lowest BCUT2D eigenvalue weighted by Crippen LogP contribution is -2.57. The van der Waals surface area contributed by atoms with Crippen molar-refractivity contribution in [3.8, 4) is 5.75 Å². The van der Waals surface area contributed by atoms with Gasteiger partial charge in [-0.25, -0.2) is 9.59 Å². The van der Waals surface area contributed by atoms with Crippen molar-refractivity contribution in [1.82, 2.24) is 4.90 Å². The lowest BCUT2D eigenvalue weighted by atomic mass is 9.82. The van der Waals surface area contributed by atoms with E-state index in [-0.39, 0.29) is 12.3 Å². The Hall–Kier alpha value is -2.24. The molecule has 0 fully saturated rings. The van der Waals surface area contributed by atoms with Crippen molar-refractivity contribution < 1.29 is 24.5 Å². The highest BCUT2D eigenvalue weighted by atomic mass is 16.6. The number of ether oxygens (including phenoxy) is 1. The second-order valence-electron chi connectivity index (χ2n) is 6.60. The number of rotatable bonds is 1. The van der Waals surface area contributed by atoms with Crippen LogP contribution in [0.15, 0.2) is 18.2 Å². The summed E-state index contributed by atoms with van der Waals surface area (Å²) < 4.78 is 5.34. The van der Waals surface area contributed by atoms with Crippen LogP contribution in [0.5, 0.6) is 5.75 Å². The lowest BCUT2D eigenvalue weighted by Gasteiger charge is -2.43. The average molecular weight is 307 g/mol. The second-order valence-corrected chi connectivity index (χ2v) is 6.60. The first-order chi connectivity index (χ1) is 10.1. The Balaban J connectivity index is 2.47. The number of carboxylic acid groups (broad SMARTS) is 1. The Morgan fingerprint density at radius 2 is 1.95 bits per heavy atom. The van der Waals surface area contributed by atoms with Gasteiger partial charge in [0.05, 0.1) is 0 Å². The molecule has 0 aromatic heterocycles. The maximum absolute atomic E-state index is 12.4. The van der Waals surface area contributed by atoms with Gasteiger partial charge in [-0.05, 0) is 57.4 Å². The maximum atomic E-state index is 12.4. The minimum Gasteiger partial charge on any atom is -0.508 e. The summed E-state index contributed by atoms with van der Waals surface area (Å²) in [5.74, 6) is -1.05. The zero-order chi connectivity index (χ0) is 16.7. The predicted molar refractivity (Wildman–Crippen MR) is 79.7 cm³/mol.